The number of halogens is 1. The molecular weight excluding hydrogens is 355 g/mol. The molecule has 150 valence electrons. The number of carbonyl (C=O) groups excluding carboxylic acids is 1. The van der Waals surface area contributed by atoms with Crippen LogP contribution in [-0.4, -0.2) is 46.0 Å². The summed E-state index contributed by atoms with van der Waals surface area (Å²) in [7, 11) is 0. The Labute approximate surface area is 165 Å². The van der Waals surface area contributed by atoms with E-state index >= 15 is 0 Å². The molecule has 0 atom stereocenters. The molecule has 1 saturated heterocycles. The van der Waals surface area contributed by atoms with Crippen molar-refractivity contribution in [1.82, 2.24) is 19.8 Å². The lowest BCUT2D eigenvalue weighted by atomic mass is 9.88. The highest BCUT2D eigenvalue weighted by molar-refractivity contribution is 5.93. The number of hydrogen-bond donors (Lipinski definition) is 1. The van der Waals surface area contributed by atoms with E-state index in [1.165, 1.54) is 50.8 Å². The molecular formula is C22H29FN4O. The molecule has 1 aliphatic heterocycles. The molecule has 0 spiro atoms. The highest BCUT2D eigenvalue weighted by Crippen LogP contribution is 2.25. The second-order valence-electron chi connectivity index (χ2n) is 8.18. The fourth-order valence-electron chi connectivity index (χ4n) is 4.52. The van der Waals surface area contributed by atoms with Gasteiger partial charge in [0.2, 0.25) is 0 Å². The van der Waals surface area contributed by atoms with Crippen molar-refractivity contribution in [3.05, 3.63) is 48.3 Å². The Morgan fingerprint density at radius 1 is 1.07 bits per heavy atom. The average molecular weight is 384 g/mol. The fraction of sp³-hybridized carbons (Fsp3) is 0.545. The third-order valence-electron chi connectivity index (χ3n) is 6.14. The second-order valence-corrected chi connectivity index (χ2v) is 8.18. The molecule has 1 aliphatic carbocycles. The molecule has 5 nitrogen and oxygen atoms in total. The number of amides is 1. The van der Waals surface area contributed by atoms with E-state index in [0.29, 0.717) is 5.69 Å². The maximum absolute atomic E-state index is 13.2. The van der Waals surface area contributed by atoms with E-state index in [9.17, 15) is 9.18 Å². The lowest BCUT2D eigenvalue weighted by molar-refractivity contribution is 0.0894. The zero-order valence-corrected chi connectivity index (χ0v) is 16.3. The number of hydrogen-bond acceptors (Lipinski definition) is 3. The number of piperidine rings is 1. The van der Waals surface area contributed by atoms with Crippen molar-refractivity contribution in [1.29, 1.82) is 0 Å². The maximum atomic E-state index is 13.2. The Kier molecular flexibility index (Phi) is 6.05. The molecule has 6 heteroatoms. The highest BCUT2D eigenvalue weighted by atomic mass is 19.1. The van der Waals surface area contributed by atoms with E-state index in [0.717, 1.165) is 37.5 Å². The number of benzene rings is 1. The van der Waals surface area contributed by atoms with Gasteiger partial charge in [0.15, 0.2) is 0 Å². The summed E-state index contributed by atoms with van der Waals surface area (Å²) in [5.41, 5.74) is 1.21. The van der Waals surface area contributed by atoms with Crippen LogP contribution in [0.1, 0.15) is 55.4 Å². The van der Waals surface area contributed by atoms with Crippen molar-refractivity contribution in [2.75, 3.05) is 19.6 Å². The van der Waals surface area contributed by atoms with E-state index in [4.69, 9.17) is 0 Å². The van der Waals surface area contributed by atoms with Gasteiger partial charge >= 0.3 is 0 Å². The number of imidazole rings is 1. The van der Waals surface area contributed by atoms with Gasteiger partial charge in [0.1, 0.15) is 11.5 Å². The lowest BCUT2D eigenvalue weighted by Gasteiger charge is -2.35. The molecule has 28 heavy (non-hydrogen) atoms. The Bertz CT molecular complexity index is 774. The first kappa shape index (κ1) is 19.1. The molecule has 0 bridgehead atoms. The van der Waals surface area contributed by atoms with E-state index < -0.39 is 0 Å². The van der Waals surface area contributed by atoms with E-state index in [-0.39, 0.29) is 17.8 Å². The van der Waals surface area contributed by atoms with E-state index in [1.54, 1.807) is 29.2 Å². The van der Waals surface area contributed by atoms with Crippen LogP contribution < -0.4 is 5.32 Å². The fourth-order valence-corrected chi connectivity index (χ4v) is 4.52. The Hall–Kier alpha value is -2.21. The molecule has 1 aromatic heterocycles. The van der Waals surface area contributed by atoms with Crippen molar-refractivity contribution in [3.8, 4) is 5.69 Å². The maximum Gasteiger partial charge on any atom is 0.270 e. The van der Waals surface area contributed by atoms with E-state index in [1.807, 2.05) is 0 Å². The third-order valence-corrected chi connectivity index (χ3v) is 6.14. The number of nitrogens with zero attached hydrogens (tertiary/aromatic N) is 3. The normalized spacial score (nSPS) is 19.6. The molecule has 1 saturated carbocycles. The number of aromatic nitrogens is 2. The van der Waals surface area contributed by atoms with Crippen LogP contribution in [0.15, 0.2) is 36.8 Å². The molecule has 0 radical (unpaired) electrons. The lowest BCUT2D eigenvalue weighted by Crippen LogP contribution is -2.46. The summed E-state index contributed by atoms with van der Waals surface area (Å²) in [5.74, 6) is 0.451. The summed E-state index contributed by atoms with van der Waals surface area (Å²) in [5, 5.41) is 3.17. The first-order valence-corrected chi connectivity index (χ1v) is 10.5. The van der Waals surface area contributed by atoms with E-state index in [2.05, 4.69) is 15.2 Å². The van der Waals surface area contributed by atoms with Crippen LogP contribution in [0.2, 0.25) is 0 Å². The van der Waals surface area contributed by atoms with Crippen LogP contribution in [-0.2, 0) is 0 Å². The first-order chi connectivity index (χ1) is 13.7. The molecule has 2 aromatic rings. The van der Waals surface area contributed by atoms with Gasteiger partial charge in [-0.15, -0.1) is 0 Å². The molecule has 2 aliphatic rings. The molecule has 2 heterocycles. The summed E-state index contributed by atoms with van der Waals surface area (Å²) in [4.78, 5) is 19.5. The van der Waals surface area contributed by atoms with Gasteiger partial charge in [-0.1, -0.05) is 19.3 Å². The van der Waals surface area contributed by atoms with Gasteiger partial charge in [-0.2, -0.15) is 0 Å². The summed E-state index contributed by atoms with van der Waals surface area (Å²) >= 11 is 0. The number of rotatable bonds is 5. The van der Waals surface area contributed by atoms with Crippen molar-refractivity contribution < 1.29 is 9.18 Å². The van der Waals surface area contributed by atoms with Gasteiger partial charge in [0.05, 0.1) is 12.5 Å². The van der Waals surface area contributed by atoms with Crippen molar-refractivity contribution in [3.63, 3.8) is 0 Å². The number of carbonyl (C=O) groups is 1. The van der Waals surface area contributed by atoms with Gasteiger partial charge in [0, 0.05) is 31.4 Å². The predicted octanol–water partition coefficient (Wildman–Crippen LogP) is 3.79. The predicted molar refractivity (Wildman–Crippen MR) is 107 cm³/mol. The topological polar surface area (TPSA) is 50.2 Å². The van der Waals surface area contributed by atoms with Gasteiger partial charge in [-0.25, -0.2) is 9.37 Å². The first-order valence-electron chi connectivity index (χ1n) is 10.5. The highest BCUT2D eigenvalue weighted by Gasteiger charge is 2.25. The van der Waals surface area contributed by atoms with Crippen LogP contribution in [0.5, 0.6) is 0 Å². The second kappa shape index (κ2) is 8.86. The SMILES string of the molecule is O=C(NC1CCN(CC2CCCCC2)CC1)c1cncn1-c1ccc(F)cc1. The largest absolute Gasteiger partial charge is 0.348 e. The van der Waals surface area contributed by atoms with Crippen molar-refractivity contribution in [2.45, 2.75) is 51.0 Å². The number of nitrogens with one attached hydrogen (secondary N) is 1. The summed E-state index contributed by atoms with van der Waals surface area (Å²) in [6.07, 6.45) is 12.1. The van der Waals surface area contributed by atoms with Crippen molar-refractivity contribution >= 4 is 5.91 Å². The minimum Gasteiger partial charge on any atom is -0.348 e. The van der Waals surface area contributed by atoms with Crippen LogP contribution >= 0.6 is 0 Å². The van der Waals surface area contributed by atoms with Gasteiger partial charge in [-0.05, 0) is 55.9 Å². The summed E-state index contributed by atoms with van der Waals surface area (Å²) in [6.45, 7) is 3.33. The third kappa shape index (κ3) is 4.61. The minimum atomic E-state index is -0.296. The monoisotopic (exact) mass is 384 g/mol. The molecule has 1 amide bonds. The van der Waals surface area contributed by atoms with Gasteiger partial charge < -0.3 is 10.2 Å². The zero-order chi connectivity index (χ0) is 19.3. The Morgan fingerprint density at radius 2 is 1.79 bits per heavy atom. The van der Waals surface area contributed by atoms with Gasteiger partial charge in [0.25, 0.3) is 5.91 Å². The quantitative estimate of drug-likeness (QED) is 0.853. The van der Waals surface area contributed by atoms with Crippen LogP contribution in [0.3, 0.4) is 0 Å². The smallest absolute Gasteiger partial charge is 0.270 e. The standard InChI is InChI=1S/C22H29FN4O/c23-18-6-8-20(9-7-18)27-16-24-14-21(27)22(28)25-19-10-12-26(13-11-19)15-17-4-2-1-3-5-17/h6-9,14,16-17,19H,1-5,10-13,15H2,(H,25,28). The van der Waals surface area contributed by atoms with Gasteiger partial charge in [-0.3, -0.25) is 9.36 Å². The summed E-state index contributed by atoms with van der Waals surface area (Å²) in [6, 6.07) is 6.28. The molecule has 1 N–H and O–H groups in total. The number of likely N-dealkylation sites (tertiary alicyclic amines) is 1. The van der Waals surface area contributed by atoms with Crippen LogP contribution in [0.4, 0.5) is 4.39 Å². The van der Waals surface area contributed by atoms with Crippen LogP contribution in [0.25, 0.3) is 5.69 Å². The molecule has 1 aromatic carbocycles. The molecule has 0 unspecified atom stereocenters. The van der Waals surface area contributed by atoms with Crippen LogP contribution in [0, 0.1) is 11.7 Å². The van der Waals surface area contributed by atoms with Crippen molar-refractivity contribution in [2.24, 2.45) is 5.92 Å². The summed E-state index contributed by atoms with van der Waals surface area (Å²) < 4.78 is 14.9. The molecule has 4 rings (SSSR count). The zero-order valence-electron chi connectivity index (χ0n) is 16.3. The average Bonchev–Trinajstić information content (AvgIpc) is 3.21. The Balaban J connectivity index is 1.30. The minimum absolute atomic E-state index is 0.118. The Morgan fingerprint density at radius 3 is 2.50 bits per heavy atom. The molecule has 2 fully saturated rings.